The summed E-state index contributed by atoms with van der Waals surface area (Å²) in [4.78, 5) is 13.2. The van der Waals surface area contributed by atoms with Crippen molar-refractivity contribution in [3.63, 3.8) is 0 Å². The first-order chi connectivity index (χ1) is 14.6. The topological polar surface area (TPSA) is 64.3 Å². The molecule has 4 aliphatic rings. The molecule has 5 nitrogen and oxygen atoms in total. The lowest BCUT2D eigenvalue weighted by Gasteiger charge is -2.59. The number of nitrogens with zero attached hydrogens (tertiary/aromatic N) is 2. The number of aromatic nitrogens is 2. The molecule has 0 saturated heterocycles. The van der Waals surface area contributed by atoms with Gasteiger partial charge in [-0.15, -0.1) is 0 Å². The number of carbonyl (C=O) groups excluding carboxylic acids is 1. The van der Waals surface area contributed by atoms with Crippen LogP contribution in [-0.2, 0) is 11.8 Å². The number of hydrogen-bond acceptors (Lipinski definition) is 4. The van der Waals surface area contributed by atoms with Gasteiger partial charge in [0, 0.05) is 13.0 Å². The Morgan fingerprint density at radius 3 is 2.74 bits per heavy atom. The molecular weight excluding hydrogens is 395 g/mol. The van der Waals surface area contributed by atoms with Crippen LogP contribution in [0.2, 0.25) is 0 Å². The third-order valence-electron chi connectivity index (χ3n) is 9.76. The maximum atomic E-state index is 16.4. The van der Waals surface area contributed by atoms with E-state index in [-0.39, 0.29) is 35.6 Å². The van der Waals surface area contributed by atoms with Crippen molar-refractivity contribution in [3.8, 4) is 5.75 Å². The van der Waals surface area contributed by atoms with Gasteiger partial charge in [-0.1, -0.05) is 6.92 Å². The Balaban J connectivity index is 1.30. The van der Waals surface area contributed by atoms with Crippen molar-refractivity contribution in [1.82, 2.24) is 9.78 Å². The summed E-state index contributed by atoms with van der Waals surface area (Å²) in [6.07, 6.45) is 10.7. The third-order valence-corrected chi connectivity index (χ3v) is 9.76. The van der Waals surface area contributed by atoms with Crippen LogP contribution in [0.4, 0.5) is 4.39 Å². The van der Waals surface area contributed by atoms with E-state index >= 15 is 4.39 Å². The highest BCUT2D eigenvalue weighted by Crippen LogP contribution is 2.66. The van der Waals surface area contributed by atoms with E-state index in [1.165, 1.54) is 0 Å². The van der Waals surface area contributed by atoms with Crippen LogP contribution in [0.1, 0.15) is 71.6 Å². The molecule has 172 valence electrons. The minimum absolute atomic E-state index is 0.00595. The van der Waals surface area contributed by atoms with Gasteiger partial charge in [-0.3, -0.25) is 9.48 Å². The summed E-state index contributed by atoms with van der Waals surface area (Å²) in [5, 5.41) is 14.6. The standard InChI is InChI=1S/C25H37FN2O3/c1-23(30)10-11-25(26)16(12-23)4-5-18-19-6-7-21(24(19,2)9-8-20(18)25)22(29)15-31-17-13-27-28(3)14-17/h13-14,16,18-21,30H,4-12,15H2,1-3H3/t16-,18+,19+,20+,21-,23-,24+,25-/m1/s1. The number of ketones is 1. The zero-order valence-corrected chi connectivity index (χ0v) is 19.1. The second-order valence-electron chi connectivity index (χ2n) is 11.6. The number of fused-ring (bicyclic) bond motifs is 5. The summed E-state index contributed by atoms with van der Waals surface area (Å²) in [6.45, 7) is 4.25. The lowest BCUT2D eigenvalue weighted by atomic mass is 9.48. The Kier molecular flexibility index (Phi) is 5.04. The van der Waals surface area contributed by atoms with Gasteiger partial charge in [-0.2, -0.15) is 5.10 Å². The van der Waals surface area contributed by atoms with Gasteiger partial charge in [0.2, 0.25) is 0 Å². The molecular formula is C25H37FN2O3. The summed E-state index contributed by atoms with van der Waals surface area (Å²) in [6, 6.07) is 0. The molecule has 0 aliphatic heterocycles. The van der Waals surface area contributed by atoms with Crippen LogP contribution in [0.15, 0.2) is 12.4 Å². The maximum Gasteiger partial charge on any atom is 0.173 e. The first-order valence-corrected chi connectivity index (χ1v) is 12.2. The smallest absolute Gasteiger partial charge is 0.173 e. The first kappa shape index (κ1) is 21.4. The molecule has 0 amide bonds. The van der Waals surface area contributed by atoms with Crippen molar-refractivity contribution in [3.05, 3.63) is 12.4 Å². The summed E-state index contributed by atoms with van der Waals surface area (Å²) in [5.74, 6) is 1.72. The van der Waals surface area contributed by atoms with Crippen LogP contribution in [0.3, 0.4) is 0 Å². The molecule has 1 heterocycles. The van der Waals surface area contributed by atoms with Crippen molar-refractivity contribution < 1.29 is 19.0 Å². The molecule has 1 N–H and O–H groups in total. The maximum absolute atomic E-state index is 16.4. The van der Waals surface area contributed by atoms with E-state index in [2.05, 4.69) is 12.0 Å². The first-order valence-electron chi connectivity index (χ1n) is 12.2. The molecule has 0 aromatic carbocycles. The number of halogens is 1. The summed E-state index contributed by atoms with van der Waals surface area (Å²) in [5.41, 5.74) is -1.88. The molecule has 6 heteroatoms. The molecule has 4 saturated carbocycles. The lowest BCUT2D eigenvalue weighted by molar-refractivity contribution is -0.166. The number of rotatable bonds is 4. The van der Waals surface area contributed by atoms with Crippen molar-refractivity contribution in [2.75, 3.05) is 6.61 Å². The summed E-state index contributed by atoms with van der Waals surface area (Å²) >= 11 is 0. The molecule has 0 unspecified atom stereocenters. The van der Waals surface area contributed by atoms with Crippen molar-refractivity contribution >= 4 is 5.78 Å². The van der Waals surface area contributed by atoms with Crippen molar-refractivity contribution in [2.45, 2.75) is 82.9 Å². The van der Waals surface area contributed by atoms with Gasteiger partial charge in [0.25, 0.3) is 0 Å². The minimum Gasteiger partial charge on any atom is -0.483 e. The quantitative estimate of drug-likeness (QED) is 0.762. The van der Waals surface area contributed by atoms with E-state index in [0.29, 0.717) is 36.8 Å². The van der Waals surface area contributed by atoms with Gasteiger partial charge in [0.1, 0.15) is 12.3 Å². The Hall–Kier alpha value is -1.43. The van der Waals surface area contributed by atoms with Crippen LogP contribution in [-0.4, -0.2) is 38.5 Å². The van der Waals surface area contributed by atoms with Gasteiger partial charge < -0.3 is 9.84 Å². The van der Waals surface area contributed by atoms with Gasteiger partial charge in [-0.05, 0) is 93.8 Å². The van der Waals surface area contributed by atoms with E-state index < -0.39 is 11.3 Å². The number of alkyl halides is 1. The molecule has 1 aromatic heterocycles. The molecule has 4 fully saturated rings. The van der Waals surface area contributed by atoms with Gasteiger partial charge in [0.15, 0.2) is 11.5 Å². The van der Waals surface area contributed by atoms with Crippen molar-refractivity contribution in [1.29, 1.82) is 0 Å². The normalized spacial score (nSPS) is 46.7. The summed E-state index contributed by atoms with van der Waals surface area (Å²) in [7, 11) is 1.83. The highest BCUT2D eigenvalue weighted by atomic mass is 19.1. The molecule has 0 radical (unpaired) electrons. The van der Waals surface area contributed by atoms with E-state index in [4.69, 9.17) is 4.74 Å². The number of aryl methyl sites for hydroxylation is 1. The van der Waals surface area contributed by atoms with Gasteiger partial charge >= 0.3 is 0 Å². The average molecular weight is 433 g/mol. The molecule has 5 rings (SSSR count). The Labute approximate surface area is 184 Å². The van der Waals surface area contributed by atoms with Crippen LogP contribution >= 0.6 is 0 Å². The highest BCUT2D eigenvalue weighted by Gasteiger charge is 2.63. The Morgan fingerprint density at radius 1 is 1.19 bits per heavy atom. The minimum atomic E-state index is -1.13. The molecule has 4 aliphatic carbocycles. The molecule has 8 atom stereocenters. The fraction of sp³-hybridized carbons (Fsp3) is 0.840. The number of Topliss-reactive ketones (excluding diaryl/α,β-unsaturated/α-hetero) is 1. The predicted octanol–water partition coefficient (Wildman–Crippen LogP) is 4.48. The molecule has 31 heavy (non-hydrogen) atoms. The fourth-order valence-corrected chi connectivity index (χ4v) is 8.23. The van der Waals surface area contributed by atoms with E-state index in [0.717, 1.165) is 38.5 Å². The van der Waals surface area contributed by atoms with Gasteiger partial charge in [-0.25, -0.2) is 4.39 Å². The molecule has 1 aromatic rings. The predicted molar refractivity (Wildman–Crippen MR) is 115 cm³/mol. The third kappa shape index (κ3) is 3.44. The Bertz CT molecular complexity index is 854. The van der Waals surface area contributed by atoms with Crippen LogP contribution < -0.4 is 4.74 Å². The SMILES string of the molecule is Cn1cc(OCC(=O)[C@H]2CC[C@H]3[C@@H]4CC[C@@H]5C[C@](C)(O)CC[C@]5(F)[C@H]4CC[C@]23C)cn1. The van der Waals surface area contributed by atoms with Crippen LogP contribution in [0, 0.1) is 35.0 Å². The molecule has 0 bridgehead atoms. The summed E-state index contributed by atoms with van der Waals surface area (Å²) < 4.78 is 23.8. The number of hydrogen-bond donors (Lipinski definition) is 1. The highest BCUT2D eigenvalue weighted by molar-refractivity contribution is 5.83. The van der Waals surface area contributed by atoms with E-state index in [1.54, 1.807) is 17.1 Å². The fourth-order valence-electron chi connectivity index (χ4n) is 8.23. The monoisotopic (exact) mass is 432 g/mol. The number of carbonyl (C=O) groups is 1. The zero-order chi connectivity index (χ0) is 22.0. The van der Waals surface area contributed by atoms with E-state index in [9.17, 15) is 9.90 Å². The zero-order valence-electron chi connectivity index (χ0n) is 19.1. The van der Waals surface area contributed by atoms with E-state index in [1.807, 2.05) is 14.0 Å². The van der Waals surface area contributed by atoms with Crippen molar-refractivity contribution in [2.24, 2.45) is 42.1 Å². The van der Waals surface area contributed by atoms with Gasteiger partial charge in [0.05, 0.1) is 18.0 Å². The van der Waals surface area contributed by atoms with Crippen LogP contribution in [0.5, 0.6) is 5.75 Å². The number of ether oxygens (including phenoxy) is 1. The second-order valence-corrected chi connectivity index (χ2v) is 11.6. The lowest BCUT2D eigenvalue weighted by Crippen LogP contribution is -2.58. The number of aliphatic hydroxyl groups is 1. The average Bonchev–Trinajstić information content (AvgIpc) is 3.29. The largest absolute Gasteiger partial charge is 0.483 e. The molecule has 0 spiro atoms. The second kappa shape index (κ2) is 7.29. The van der Waals surface area contributed by atoms with Crippen LogP contribution in [0.25, 0.3) is 0 Å². The Morgan fingerprint density at radius 2 is 2.00 bits per heavy atom.